The van der Waals surface area contributed by atoms with Crippen LogP contribution in [0.2, 0.25) is 0 Å². The highest BCUT2D eigenvalue weighted by Crippen LogP contribution is 2.34. The number of rotatable bonds is 7. The number of hydrogen-bond acceptors (Lipinski definition) is 4. The first kappa shape index (κ1) is 33.0. The molecule has 2 aromatic heterocycles. The van der Waals surface area contributed by atoms with Gasteiger partial charge in [0.1, 0.15) is 0 Å². The smallest absolute Gasteiger partial charge is 0.164 e. The topological polar surface area (TPSA) is 51.6 Å². The number of pyridine rings is 1. The maximum absolute atomic E-state index is 5.08. The molecule has 0 bridgehead atoms. The zero-order valence-corrected chi connectivity index (χ0v) is 30.4. The summed E-state index contributed by atoms with van der Waals surface area (Å²) in [4.78, 5) is 20.1. The Bertz CT molecular complexity index is 2940. The molecule has 10 rings (SSSR count). The van der Waals surface area contributed by atoms with E-state index in [9.17, 15) is 0 Å². The molecule has 2 heterocycles. The highest BCUT2D eigenvalue weighted by Gasteiger charge is 2.15. The Labute approximate surface area is 325 Å². The molecule has 10 aromatic rings. The molecule has 0 aliphatic heterocycles. The minimum Gasteiger partial charge on any atom is -0.248 e. The predicted octanol–water partition coefficient (Wildman–Crippen LogP) is 13.2. The van der Waals surface area contributed by atoms with Crippen molar-refractivity contribution in [3.05, 3.63) is 206 Å². The molecule has 0 saturated heterocycles. The van der Waals surface area contributed by atoms with E-state index in [4.69, 9.17) is 19.9 Å². The Hall–Kier alpha value is -7.56. The molecular formula is C52H34N4. The second-order valence-corrected chi connectivity index (χ2v) is 13.9. The van der Waals surface area contributed by atoms with Gasteiger partial charge < -0.3 is 0 Å². The van der Waals surface area contributed by atoms with Gasteiger partial charge >= 0.3 is 0 Å². The van der Waals surface area contributed by atoms with Gasteiger partial charge in [0.2, 0.25) is 0 Å². The van der Waals surface area contributed by atoms with Gasteiger partial charge in [0, 0.05) is 27.8 Å². The maximum atomic E-state index is 5.08. The second kappa shape index (κ2) is 14.3. The summed E-state index contributed by atoms with van der Waals surface area (Å²) in [5.74, 6) is 1.91. The molecule has 262 valence electrons. The quantitative estimate of drug-likeness (QED) is 0.154. The monoisotopic (exact) mass is 714 g/mol. The highest BCUT2D eigenvalue weighted by atomic mass is 15.0. The fourth-order valence-corrected chi connectivity index (χ4v) is 7.40. The zero-order valence-electron chi connectivity index (χ0n) is 30.4. The molecule has 8 aromatic carbocycles. The Morgan fingerprint density at radius 1 is 0.214 bits per heavy atom. The molecule has 0 atom stereocenters. The van der Waals surface area contributed by atoms with Crippen molar-refractivity contribution < 1.29 is 0 Å². The molecule has 4 heteroatoms. The van der Waals surface area contributed by atoms with Crippen LogP contribution in [0.5, 0.6) is 0 Å². The van der Waals surface area contributed by atoms with E-state index >= 15 is 0 Å². The van der Waals surface area contributed by atoms with Gasteiger partial charge in [-0.1, -0.05) is 182 Å². The third kappa shape index (κ3) is 6.50. The zero-order chi connectivity index (χ0) is 37.3. The lowest BCUT2D eigenvalue weighted by atomic mass is 9.96. The summed E-state index contributed by atoms with van der Waals surface area (Å²) >= 11 is 0. The molecular weight excluding hydrogens is 681 g/mol. The lowest BCUT2D eigenvalue weighted by Gasteiger charge is -2.12. The van der Waals surface area contributed by atoms with E-state index < -0.39 is 0 Å². The number of hydrogen-bond donors (Lipinski definition) is 0. The van der Waals surface area contributed by atoms with Crippen molar-refractivity contribution in [3.8, 4) is 78.9 Å². The summed E-state index contributed by atoms with van der Waals surface area (Å²) in [7, 11) is 0. The molecule has 0 fully saturated rings. The summed E-state index contributed by atoms with van der Waals surface area (Å²) in [6.07, 6.45) is 0. The highest BCUT2D eigenvalue weighted by molar-refractivity contribution is 6.08. The molecule has 4 nitrogen and oxygen atoms in total. The van der Waals surface area contributed by atoms with Crippen molar-refractivity contribution in [3.63, 3.8) is 0 Å². The predicted molar refractivity (Wildman–Crippen MR) is 231 cm³/mol. The fourth-order valence-electron chi connectivity index (χ4n) is 7.40. The van der Waals surface area contributed by atoms with Crippen LogP contribution in [0, 0.1) is 0 Å². The summed E-state index contributed by atoms with van der Waals surface area (Å²) in [5.41, 5.74) is 11.4. The largest absolute Gasteiger partial charge is 0.248 e. The molecule has 56 heavy (non-hydrogen) atoms. The van der Waals surface area contributed by atoms with E-state index in [0.29, 0.717) is 17.5 Å². The molecule has 0 N–H and O–H groups in total. The first-order chi connectivity index (χ1) is 27.7. The van der Waals surface area contributed by atoms with Crippen molar-refractivity contribution >= 4 is 21.5 Å². The first-order valence-corrected chi connectivity index (χ1v) is 18.8. The van der Waals surface area contributed by atoms with Gasteiger partial charge in [0.25, 0.3) is 0 Å². The van der Waals surface area contributed by atoms with Crippen molar-refractivity contribution in [1.82, 2.24) is 19.9 Å². The third-order valence-corrected chi connectivity index (χ3v) is 10.3. The number of fused-ring (bicyclic) bond motifs is 3. The fraction of sp³-hybridized carbons (Fsp3) is 0. The normalized spacial score (nSPS) is 11.2. The van der Waals surface area contributed by atoms with E-state index in [0.717, 1.165) is 66.8 Å². The van der Waals surface area contributed by atoms with Crippen LogP contribution in [0.3, 0.4) is 0 Å². The van der Waals surface area contributed by atoms with Crippen molar-refractivity contribution in [2.24, 2.45) is 0 Å². The average molecular weight is 715 g/mol. The van der Waals surface area contributed by atoms with Crippen LogP contribution >= 0.6 is 0 Å². The lowest BCUT2D eigenvalue weighted by molar-refractivity contribution is 1.07. The van der Waals surface area contributed by atoms with E-state index in [-0.39, 0.29) is 0 Å². The van der Waals surface area contributed by atoms with Crippen LogP contribution in [0.4, 0.5) is 0 Å². The summed E-state index contributed by atoms with van der Waals surface area (Å²) in [6, 6.07) is 71.8. The van der Waals surface area contributed by atoms with Crippen molar-refractivity contribution in [2.75, 3.05) is 0 Å². The molecule has 0 amide bonds. The molecule has 0 unspecified atom stereocenters. The Balaban J connectivity index is 1.02. The number of nitrogens with zero attached hydrogens (tertiary/aromatic N) is 4. The Morgan fingerprint density at radius 2 is 0.661 bits per heavy atom. The lowest BCUT2D eigenvalue weighted by Crippen LogP contribution is -2.00. The van der Waals surface area contributed by atoms with Gasteiger partial charge in [-0.05, 0) is 68.1 Å². The molecule has 0 aliphatic rings. The van der Waals surface area contributed by atoms with Gasteiger partial charge in [0.15, 0.2) is 17.5 Å². The minimum atomic E-state index is 0.631. The summed E-state index contributed by atoms with van der Waals surface area (Å²) in [6.45, 7) is 0. The van der Waals surface area contributed by atoms with E-state index in [1.54, 1.807) is 0 Å². The van der Waals surface area contributed by atoms with Crippen LogP contribution in [0.1, 0.15) is 0 Å². The van der Waals surface area contributed by atoms with Gasteiger partial charge in [-0.25, -0.2) is 19.9 Å². The van der Waals surface area contributed by atoms with Crippen molar-refractivity contribution in [1.29, 1.82) is 0 Å². The minimum absolute atomic E-state index is 0.631. The van der Waals surface area contributed by atoms with Gasteiger partial charge in [-0.2, -0.15) is 0 Å². The number of aromatic nitrogens is 4. The SMILES string of the molecule is c1ccc(-c2cc(-c3cccc(-c4ccc(-c5nc(-c6ccccc6)nc(-c6ccc7c(ccc8ccccc87)c6)n5)cc4)c3)cc(-c3ccccc3)n2)cc1. The van der Waals surface area contributed by atoms with Crippen LogP contribution in [0.15, 0.2) is 206 Å². The standard InChI is InChI=1S/C52H34N4/c1-4-14-37(15-5-1)48-33-45(34-49(53-48)38-16-6-2-7-17-38)42-21-12-20-41(31-42)35-23-26-40(27-24-35)51-54-50(39-18-8-3-9-19-39)55-52(56-51)44-29-30-47-43(32-44)28-25-36-13-10-11-22-46(36)47/h1-34H. The Morgan fingerprint density at radius 3 is 1.30 bits per heavy atom. The number of benzene rings is 8. The second-order valence-electron chi connectivity index (χ2n) is 13.9. The van der Waals surface area contributed by atoms with Gasteiger partial charge in [0.05, 0.1) is 11.4 Å². The van der Waals surface area contributed by atoms with Crippen LogP contribution in [-0.2, 0) is 0 Å². The van der Waals surface area contributed by atoms with Gasteiger partial charge in [-0.3, -0.25) is 0 Å². The van der Waals surface area contributed by atoms with E-state index in [1.165, 1.54) is 16.2 Å². The third-order valence-electron chi connectivity index (χ3n) is 10.3. The van der Waals surface area contributed by atoms with E-state index in [2.05, 4.69) is 164 Å². The van der Waals surface area contributed by atoms with Crippen LogP contribution in [0.25, 0.3) is 100 Å². The summed E-state index contributed by atoms with van der Waals surface area (Å²) < 4.78 is 0. The molecule has 0 aliphatic carbocycles. The molecule has 0 saturated carbocycles. The molecule has 0 spiro atoms. The van der Waals surface area contributed by atoms with Gasteiger partial charge in [-0.15, -0.1) is 0 Å². The van der Waals surface area contributed by atoms with Crippen LogP contribution < -0.4 is 0 Å². The molecule has 0 radical (unpaired) electrons. The first-order valence-electron chi connectivity index (χ1n) is 18.8. The van der Waals surface area contributed by atoms with E-state index in [1.807, 2.05) is 42.5 Å². The Kier molecular flexibility index (Phi) is 8.47. The average Bonchev–Trinajstić information content (AvgIpc) is 3.29. The van der Waals surface area contributed by atoms with Crippen molar-refractivity contribution in [2.45, 2.75) is 0 Å². The maximum Gasteiger partial charge on any atom is 0.164 e. The summed E-state index contributed by atoms with van der Waals surface area (Å²) in [5, 5.41) is 4.82. The van der Waals surface area contributed by atoms with Crippen LogP contribution in [-0.4, -0.2) is 19.9 Å².